The number of fused-ring (bicyclic) bond motifs is 1. The Morgan fingerprint density at radius 2 is 1.94 bits per heavy atom. The predicted molar refractivity (Wildman–Crippen MR) is 129 cm³/mol. The SMILES string of the molecule is CN(c1nc2ccccc2n1Cc1ccccc1C#N)[C@@H]1CCCN(C(=O)OC(C)(C)C)C1. The molecule has 0 saturated carbocycles. The van der Waals surface area contributed by atoms with E-state index >= 15 is 0 Å². The number of carbonyl (C=O) groups excluding carboxylic acids is 1. The highest BCUT2D eigenvalue weighted by molar-refractivity contribution is 5.79. The van der Waals surface area contributed by atoms with Crippen LogP contribution in [0, 0.1) is 11.3 Å². The van der Waals surface area contributed by atoms with E-state index in [2.05, 4.69) is 21.6 Å². The summed E-state index contributed by atoms with van der Waals surface area (Å²) in [5.74, 6) is 0.833. The number of likely N-dealkylation sites (N-methyl/N-ethyl adjacent to an activating group) is 1. The van der Waals surface area contributed by atoms with Crippen LogP contribution in [0.4, 0.5) is 10.7 Å². The molecule has 1 atom stereocenters. The Morgan fingerprint density at radius 3 is 2.70 bits per heavy atom. The number of imidazole rings is 1. The van der Waals surface area contributed by atoms with Crippen LogP contribution in [-0.2, 0) is 11.3 Å². The maximum Gasteiger partial charge on any atom is 0.410 e. The zero-order valence-electron chi connectivity index (χ0n) is 19.8. The van der Waals surface area contributed by atoms with E-state index in [0.717, 1.165) is 35.4 Å². The number of piperidine rings is 1. The molecule has 1 amide bonds. The molecule has 7 heteroatoms. The Morgan fingerprint density at radius 1 is 1.21 bits per heavy atom. The van der Waals surface area contributed by atoms with E-state index in [4.69, 9.17) is 9.72 Å². The first-order chi connectivity index (χ1) is 15.8. The third-order valence-electron chi connectivity index (χ3n) is 6.01. The van der Waals surface area contributed by atoms with Crippen LogP contribution in [0.1, 0.15) is 44.7 Å². The predicted octanol–water partition coefficient (Wildman–Crippen LogP) is 4.79. The number of hydrogen-bond acceptors (Lipinski definition) is 5. The molecule has 0 bridgehead atoms. The number of nitrogens with zero attached hydrogens (tertiary/aromatic N) is 5. The Kier molecular flexibility index (Phi) is 6.28. The van der Waals surface area contributed by atoms with Gasteiger partial charge >= 0.3 is 6.09 Å². The van der Waals surface area contributed by atoms with Crippen LogP contribution in [0.25, 0.3) is 11.0 Å². The van der Waals surface area contributed by atoms with Crippen molar-refractivity contribution in [3.8, 4) is 6.07 Å². The maximum atomic E-state index is 12.7. The fourth-order valence-electron chi connectivity index (χ4n) is 4.35. The molecule has 7 nitrogen and oxygen atoms in total. The van der Waals surface area contributed by atoms with Crippen molar-refractivity contribution >= 4 is 23.1 Å². The molecular formula is C26H31N5O2. The second kappa shape index (κ2) is 9.14. The molecule has 4 rings (SSSR count). The Hall–Kier alpha value is -3.53. The maximum absolute atomic E-state index is 12.7. The van der Waals surface area contributed by atoms with Gasteiger partial charge in [-0.1, -0.05) is 30.3 Å². The number of para-hydroxylation sites is 2. The van der Waals surface area contributed by atoms with Gasteiger partial charge in [0.2, 0.25) is 5.95 Å². The van der Waals surface area contributed by atoms with Crippen molar-refractivity contribution in [1.82, 2.24) is 14.5 Å². The number of benzene rings is 2. The molecule has 3 aromatic rings. The van der Waals surface area contributed by atoms with E-state index in [1.54, 1.807) is 4.90 Å². The molecule has 0 aliphatic carbocycles. The smallest absolute Gasteiger partial charge is 0.410 e. The molecule has 0 unspecified atom stereocenters. The second-order valence-corrected chi connectivity index (χ2v) is 9.59. The normalized spacial score (nSPS) is 16.5. The minimum absolute atomic E-state index is 0.119. The molecule has 1 fully saturated rings. The van der Waals surface area contributed by atoms with Crippen molar-refractivity contribution in [3.05, 3.63) is 59.7 Å². The molecule has 1 aliphatic heterocycles. The summed E-state index contributed by atoms with van der Waals surface area (Å²) in [7, 11) is 2.04. The molecule has 1 aromatic heterocycles. The van der Waals surface area contributed by atoms with Crippen molar-refractivity contribution in [3.63, 3.8) is 0 Å². The summed E-state index contributed by atoms with van der Waals surface area (Å²) in [4.78, 5) is 21.6. The molecule has 1 saturated heterocycles. The number of carbonyl (C=O) groups is 1. The van der Waals surface area contributed by atoms with Crippen LogP contribution in [0.5, 0.6) is 0 Å². The van der Waals surface area contributed by atoms with Crippen LogP contribution in [0.3, 0.4) is 0 Å². The minimum atomic E-state index is -0.516. The summed E-state index contributed by atoms with van der Waals surface area (Å²) in [6.07, 6.45) is 1.61. The zero-order valence-corrected chi connectivity index (χ0v) is 19.8. The third-order valence-corrected chi connectivity index (χ3v) is 6.01. The molecule has 172 valence electrons. The molecule has 33 heavy (non-hydrogen) atoms. The highest BCUT2D eigenvalue weighted by Gasteiger charge is 2.31. The van der Waals surface area contributed by atoms with E-state index < -0.39 is 5.60 Å². The molecule has 0 radical (unpaired) electrons. The van der Waals surface area contributed by atoms with Gasteiger partial charge in [-0.3, -0.25) is 0 Å². The Balaban J connectivity index is 1.64. The number of nitriles is 1. The first-order valence-corrected chi connectivity index (χ1v) is 11.4. The van der Waals surface area contributed by atoms with Gasteiger partial charge in [-0.2, -0.15) is 5.26 Å². The van der Waals surface area contributed by atoms with Gasteiger partial charge in [-0.15, -0.1) is 0 Å². The van der Waals surface area contributed by atoms with Gasteiger partial charge in [0, 0.05) is 26.2 Å². The topological polar surface area (TPSA) is 74.4 Å². The van der Waals surface area contributed by atoms with Crippen LogP contribution in [0.15, 0.2) is 48.5 Å². The summed E-state index contributed by atoms with van der Waals surface area (Å²) in [6.45, 7) is 7.50. The second-order valence-electron chi connectivity index (χ2n) is 9.59. The highest BCUT2D eigenvalue weighted by atomic mass is 16.6. The molecule has 2 aromatic carbocycles. The zero-order chi connectivity index (χ0) is 23.6. The van der Waals surface area contributed by atoms with Gasteiger partial charge in [0.1, 0.15) is 5.60 Å². The first-order valence-electron chi connectivity index (χ1n) is 11.4. The van der Waals surface area contributed by atoms with Gasteiger partial charge < -0.3 is 19.1 Å². The monoisotopic (exact) mass is 445 g/mol. The number of hydrogen-bond donors (Lipinski definition) is 0. The fourth-order valence-corrected chi connectivity index (χ4v) is 4.35. The number of likely N-dealkylation sites (tertiary alicyclic amines) is 1. The number of aromatic nitrogens is 2. The number of anilines is 1. The van der Waals surface area contributed by atoms with Crippen molar-refractivity contribution in [1.29, 1.82) is 5.26 Å². The first kappa shape index (κ1) is 22.7. The van der Waals surface area contributed by atoms with E-state index in [1.165, 1.54) is 0 Å². The summed E-state index contributed by atoms with van der Waals surface area (Å²) in [6, 6.07) is 18.1. The van der Waals surface area contributed by atoms with Gasteiger partial charge in [-0.05, 0) is 57.4 Å². The largest absolute Gasteiger partial charge is 0.444 e. The Bertz CT molecular complexity index is 1190. The van der Waals surface area contributed by atoms with Gasteiger partial charge in [-0.25, -0.2) is 9.78 Å². The van der Waals surface area contributed by atoms with Gasteiger partial charge in [0.25, 0.3) is 0 Å². The number of ether oxygens (including phenoxy) is 1. The van der Waals surface area contributed by atoms with Crippen molar-refractivity contribution in [2.24, 2.45) is 0 Å². The summed E-state index contributed by atoms with van der Waals surface area (Å²) in [5, 5.41) is 9.57. The van der Waals surface area contributed by atoms with E-state index in [-0.39, 0.29) is 12.1 Å². The summed E-state index contributed by atoms with van der Waals surface area (Å²) < 4.78 is 7.77. The van der Waals surface area contributed by atoms with Crippen molar-refractivity contribution < 1.29 is 9.53 Å². The quantitative estimate of drug-likeness (QED) is 0.577. The molecule has 0 spiro atoms. The van der Waals surface area contributed by atoms with Crippen LogP contribution >= 0.6 is 0 Å². The third kappa shape index (κ3) is 4.95. The number of rotatable bonds is 4. The lowest BCUT2D eigenvalue weighted by molar-refractivity contribution is 0.0199. The van der Waals surface area contributed by atoms with Crippen LogP contribution in [-0.4, -0.2) is 52.3 Å². The molecular weight excluding hydrogens is 414 g/mol. The van der Waals surface area contributed by atoms with Crippen LogP contribution < -0.4 is 4.90 Å². The van der Waals surface area contributed by atoms with Crippen molar-refractivity contribution in [2.75, 3.05) is 25.0 Å². The fraction of sp³-hybridized carbons (Fsp3) is 0.423. The van der Waals surface area contributed by atoms with E-state index in [0.29, 0.717) is 25.2 Å². The lowest BCUT2D eigenvalue weighted by Crippen LogP contribution is -2.50. The Labute approximate surface area is 195 Å². The lowest BCUT2D eigenvalue weighted by atomic mass is 10.1. The van der Waals surface area contributed by atoms with Crippen molar-refractivity contribution in [2.45, 2.75) is 51.8 Å². The average Bonchev–Trinajstić information content (AvgIpc) is 3.16. The summed E-state index contributed by atoms with van der Waals surface area (Å²) in [5.41, 5.74) is 3.04. The lowest BCUT2D eigenvalue weighted by Gasteiger charge is -2.38. The molecule has 1 aliphatic rings. The number of amides is 1. The van der Waals surface area contributed by atoms with Gasteiger partial charge in [0.15, 0.2) is 0 Å². The van der Waals surface area contributed by atoms with E-state index in [9.17, 15) is 10.1 Å². The van der Waals surface area contributed by atoms with E-state index in [1.807, 2.05) is 70.3 Å². The van der Waals surface area contributed by atoms with Gasteiger partial charge in [0.05, 0.1) is 29.2 Å². The summed E-state index contributed by atoms with van der Waals surface area (Å²) >= 11 is 0. The minimum Gasteiger partial charge on any atom is -0.444 e. The highest BCUT2D eigenvalue weighted by Crippen LogP contribution is 2.28. The molecule has 0 N–H and O–H groups in total. The average molecular weight is 446 g/mol. The standard InChI is InChI=1S/C26H31N5O2/c1-26(2,3)33-25(32)30-15-9-12-21(18-30)29(4)24-28-22-13-7-8-14-23(22)31(24)17-20-11-6-5-10-19(20)16-27/h5-8,10-11,13-14,21H,9,12,15,17-18H2,1-4H3/t21-/m1/s1. The molecule has 2 heterocycles. The van der Waals surface area contributed by atoms with Crippen LogP contribution in [0.2, 0.25) is 0 Å².